The van der Waals surface area contributed by atoms with Crippen molar-refractivity contribution in [3.8, 4) is 6.07 Å². The van der Waals surface area contributed by atoms with E-state index in [1.165, 1.54) is 27.6 Å². The SMILES string of the molecule is CCCN(CC(=O)N1CCN(S(=O)(=O)c2ccccc2C#N)CC1)C1CCc2ccccc2C1. The number of benzene rings is 2. The lowest BCUT2D eigenvalue weighted by molar-refractivity contribution is -0.134. The fourth-order valence-corrected chi connectivity index (χ4v) is 6.61. The molecule has 1 unspecified atom stereocenters. The molecule has 4 rings (SSSR count). The Morgan fingerprint density at radius 1 is 1.06 bits per heavy atom. The molecule has 8 heteroatoms. The summed E-state index contributed by atoms with van der Waals surface area (Å²) in [6, 6.07) is 17.1. The van der Waals surface area contributed by atoms with Gasteiger partial charge in [-0.3, -0.25) is 9.69 Å². The molecule has 0 radical (unpaired) electrons. The van der Waals surface area contributed by atoms with Crippen molar-refractivity contribution in [1.82, 2.24) is 14.1 Å². The molecule has 1 atom stereocenters. The average molecular weight is 481 g/mol. The van der Waals surface area contributed by atoms with Gasteiger partial charge in [0.2, 0.25) is 15.9 Å². The van der Waals surface area contributed by atoms with E-state index in [0.717, 1.165) is 32.2 Å². The van der Waals surface area contributed by atoms with E-state index in [2.05, 4.69) is 36.1 Å². The molecular weight excluding hydrogens is 448 g/mol. The first-order chi connectivity index (χ1) is 16.4. The van der Waals surface area contributed by atoms with Crippen LogP contribution >= 0.6 is 0 Å². The highest BCUT2D eigenvalue weighted by molar-refractivity contribution is 7.89. The quantitative estimate of drug-likeness (QED) is 0.608. The van der Waals surface area contributed by atoms with Crippen molar-refractivity contribution in [1.29, 1.82) is 5.26 Å². The lowest BCUT2D eigenvalue weighted by Crippen LogP contribution is -2.53. The van der Waals surface area contributed by atoms with E-state index in [0.29, 0.717) is 25.7 Å². The second kappa shape index (κ2) is 10.7. The van der Waals surface area contributed by atoms with Gasteiger partial charge in [-0.05, 0) is 55.5 Å². The lowest BCUT2D eigenvalue weighted by atomic mass is 9.87. The second-order valence-corrected chi connectivity index (χ2v) is 10.9. The number of piperazine rings is 1. The van der Waals surface area contributed by atoms with Gasteiger partial charge in [-0.25, -0.2) is 8.42 Å². The van der Waals surface area contributed by atoms with Gasteiger partial charge in [-0.2, -0.15) is 9.57 Å². The van der Waals surface area contributed by atoms with Crippen molar-refractivity contribution in [3.05, 3.63) is 65.2 Å². The average Bonchev–Trinajstić information content (AvgIpc) is 2.88. The zero-order valence-electron chi connectivity index (χ0n) is 19.7. The fourth-order valence-electron chi connectivity index (χ4n) is 5.04. The minimum Gasteiger partial charge on any atom is -0.339 e. The Bertz CT molecular complexity index is 1170. The van der Waals surface area contributed by atoms with E-state index >= 15 is 0 Å². The second-order valence-electron chi connectivity index (χ2n) is 9.03. The minimum atomic E-state index is -3.77. The number of hydrogen-bond donors (Lipinski definition) is 0. The Morgan fingerprint density at radius 2 is 1.74 bits per heavy atom. The zero-order valence-corrected chi connectivity index (χ0v) is 20.5. The summed E-state index contributed by atoms with van der Waals surface area (Å²) in [5.74, 6) is 0.0572. The normalized spacial score (nSPS) is 19.0. The summed E-state index contributed by atoms with van der Waals surface area (Å²) in [7, 11) is -3.77. The summed E-state index contributed by atoms with van der Waals surface area (Å²) >= 11 is 0. The fraction of sp³-hybridized carbons (Fsp3) is 0.462. The maximum absolute atomic E-state index is 13.2. The maximum atomic E-state index is 13.2. The van der Waals surface area contributed by atoms with E-state index in [9.17, 15) is 18.5 Å². The van der Waals surface area contributed by atoms with Gasteiger partial charge >= 0.3 is 0 Å². The van der Waals surface area contributed by atoms with Crippen LogP contribution in [0.2, 0.25) is 0 Å². The molecule has 7 nitrogen and oxygen atoms in total. The molecule has 1 heterocycles. The molecule has 1 aliphatic carbocycles. The van der Waals surface area contributed by atoms with Crippen LogP contribution in [-0.2, 0) is 27.7 Å². The number of nitriles is 1. The summed E-state index contributed by atoms with van der Waals surface area (Å²) in [5, 5.41) is 9.29. The van der Waals surface area contributed by atoms with Crippen LogP contribution in [-0.4, -0.2) is 73.7 Å². The summed E-state index contributed by atoms with van der Waals surface area (Å²) < 4.78 is 27.5. The molecule has 0 aromatic heterocycles. The third-order valence-electron chi connectivity index (χ3n) is 6.90. The minimum absolute atomic E-state index is 0.0315. The summed E-state index contributed by atoms with van der Waals surface area (Å²) in [6.07, 6.45) is 4.04. The van der Waals surface area contributed by atoms with Crippen molar-refractivity contribution in [2.24, 2.45) is 0 Å². The number of aryl methyl sites for hydroxylation is 1. The Labute approximate surface area is 202 Å². The first-order valence-electron chi connectivity index (χ1n) is 12.0. The van der Waals surface area contributed by atoms with E-state index in [1.54, 1.807) is 17.0 Å². The van der Waals surface area contributed by atoms with Crippen LogP contribution in [0.25, 0.3) is 0 Å². The Balaban J connectivity index is 1.37. The highest BCUT2D eigenvalue weighted by Crippen LogP contribution is 2.25. The Morgan fingerprint density at radius 3 is 2.44 bits per heavy atom. The van der Waals surface area contributed by atoms with E-state index in [-0.39, 0.29) is 29.5 Å². The third-order valence-corrected chi connectivity index (χ3v) is 8.86. The molecule has 0 spiro atoms. The number of nitrogens with zero attached hydrogens (tertiary/aromatic N) is 4. The number of fused-ring (bicyclic) bond motifs is 1. The highest BCUT2D eigenvalue weighted by atomic mass is 32.2. The Kier molecular flexibility index (Phi) is 7.67. The molecule has 0 bridgehead atoms. The lowest BCUT2D eigenvalue weighted by Gasteiger charge is -2.38. The molecular formula is C26H32N4O3S. The zero-order chi connectivity index (χ0) is 24.1. The monoisotopic (exact) mass is 480 g/mol. The first kappa shape index (κ1) is 24.4. The molecule has 0 N–H and O–H groups in total. The summed E-state index contributed by atoms with van der Waals surface area (Å²) in [4.78, 5) is 17.3. The van der Waals surface area contributed by atoms with Crippen LogP contribution in [0.4, 0.5) is 0 Å². The molecule has 2 aliphatic rings. The van der Waals surface area contributed by atoms with Gasteiger partial charge in [0.25, 0.3) is 0 Å². The molecule has 1 aliphatic heterocycles. The van der Waals surface area contributed by atoms with Gasteiger partial charge in [-0.1, -0.05) is 43.3 Å². The topological polar surface area (TPSA) is 84.7 Å². The van der Waals surface area contributed by atoms with Crippen LogP contribution in [0.5, 0.6) is 0 Å². The van der Waals surface area contributed by atoms with Crippen LogP contribution in [0.15, 0.2) is 53.4 Å². The van der Waals surface area contributed by atoms with E-state index in [1.807, 2.05) is 6.07 Å². The van der Waals surface area contributed by atoms with Gasteiger partial charge in [0.1, 0.15) is 6.07 Å². The smallest absolute Gasteiger partial charge is 0.244 e. The molecule has 1 amide bonds. The van der Waals surface area contributed by atoms with Crippen molar-refractivity contribution < 1.29 is 13.2 Å². The van der Waals surface area contributed by atoms with Crippen molar-refractivity contribution in [2.45, 2.75) is 43.5 Å². The van der Waals surface area contributed by atoms with Crippen molar-refractivity contribution in [3.63, 3.8) is 0 Å². The molecule has 1 saturated heterocycles. The van der Waals surface area contributed by atoms with Crippen LogP contribution in [0, 0.1) is 11.3 Å². The third kappa shape index (κ3) is 5.17. The molecule has 2 aromatic carbocycles. The summed E-state index contributed by atoms with van der Waals surface area (Å²) in [5.41, 5.74) is 2.94. The highest BCUT2D eigenvalue weighted by Gasteiger charge is 2.33. The molecule has 2 aromatic rings. The largest absolute Gasteiger partial charge is 0.339 e. The van der Waals surface area contributed by atoms with E-state index in [4.69, 9.17) is 0 Å². The first-order valence-corrected chi connectivity index (χ1v) is 13.5. The number of sulfonamides is 1. The predicted octanol–water partition coefficient (Wildman–Crippen LogP) is 2.66. The number of amides is 1. The standard InChI is InChI=1S/C26H32N4O3S/c1-2-13-29(24-12-11-21-7-3-4-8-22(21)18-24)20-26(31)28-14-16-30(17-15-28)34(32,33)25-10-6-5-9-23(25)19-27/h3-10,24H,2,11-18,20H2,1H3. The van der Waals surface area contributed by atoms with Crippen molar-refractivity contribution in [2.75, 3.05) is 39.3 Å². The number of rotatable bonds is 7. The Hall–Kier alpha value is -2.73. The van der Waals surface area contributed by atoms with Gasteiger partial charge in [0, 0.05) is 32.2 Å². The number of carbonyl (C=O) groups is 1. The van der Waals surface area contributed by atoms with Gasteiger partial charge in [0.05, 0.1) is 17.0 Å². The van der Waals surface area contributed by atoms with Crippen molar-refractivity contribution >= 4 is 15.9 Å². The molecule has 34 heavy (non-hydrogen) atoms. The van der Waals surface area contributed by atoms with Crippen LogP contribution < -0.4 is 0 Å². The summed E-state index contributed by atoms with van der Waals surface area (Å²) in [6.45, 7) is 4.57. The predicted molar refractivity (Wildman–Crippen MR) is 131 cm³/mol. The molecule has 1 fully saturated rings. The van der Waals surface area contributed by atoms with E-state index < -0.39 is 10.0 Å². The van der Waals surface area contributed by atoms with Gasteiger partial charge in [0.15, 0.2) is 0 Å². The van der Waals surface area contributed by atoms with Crippen LogP contribution in [0.3, 0.4) is 0 Å². The maximum Gasteiger partial charge on any atom is 0.244 e. The number of hydrogen-bond acceptors (Lipinski definition) is 5. The van der Waals surface area contributed by atoms with Crippen LogP contribution in [0.1, 0.15) is 36.5 Å². The van der Waals surface area contributed by atoms with Gasteiger partial charge < -0.3 is 4.90 Å². The van der Waals surface area contributed by atoms with Gasteiger partial charge in [-0.15, -0.1) is 0 Å². The molecule has 0 saturated carbocycles. The number of carbonyl (C=O) groups excluding carboxylic acids is 1. The molecule has 180 valence electrons.